The van der Waals surface area contributed by atoms with Gasteiger partial charge in [-0.05, 0) is 17.7 Å². The molecule has 1 aromatic heterocycles. The first-order valence-electron chi connectivity index (χ1n) is 4.08. The maximum absolute atomic E-state index is 9.54. The van der Waals surface area contributed by atoms with Crippen LogP contribution in [0.5, 0.6) is 5.75 Å². The average molecular weight is 251 g/mol. The summed E-state index contributed by atoms with van der Waals surface area (Å²) in [7, 11) is 0. The lowest BCUT2D eigenvalue weighted by molar-refractivity contribution is 0.480. The number of fused-ring (bicyclic) bond motifs is 1. The third-order valence-electron chi connectivity index (χ3n) is 2.11. The number of nitriles is 1. The molecule has 0 aliphatic heterocycles. The highest BCUT2D eigenvalue weighted by Gasteiger charge is 2.09. The molecule has 0 saturated heterocycles. The fraction of sp³-hybridized carbons (Fsp3) is 0.100. The molecule has 70 valence electrons. The van der Waals surface area contributed by atoms with Crippen molar-refractivity contribution in [3.63, 3.8) is 0 Å². The van der Waals surface area contributed by atoms with Crippen LogP contribution in [0.2, 0.25) is 0 Å². The van der Waals surface area contributed by atoms with Crippen molar-refractivity contribution in [3.05, 3.63) is 28.4 Å². The smallest absolute Gasteiger partial charge is 0.139 e. The Bertz CT molecular complexity index is 525. The number of aromatic amines is 1. The zero-order valence-corrected chi connectivity index (χ0v) is 8.80. The van der Waals surface area contributed by atoms with Crippen LogP contribution >= 0.6 is 15.9 Å². The summed E-state index contributed by atoms with van der Waals surface area (Å²) in [5, 5.41) is 19.0. The summed E-state index contributed by atoms with van der Waals surface area (Å²) in [5.41, 5.74) is 1.56. The van der Waals surface area contributed by atoms with Crippen LogP contribution in [0.4, 0.5) is 0 Å². The minimum Gasteiger partial charge on any atom is -0.506 e. The number of nitrogens with zero attached hydrogens (tertiary/aromatic N) is 1. The molecule has 0 radical (unpaired) electrons. The highest BCUT2D eigenvalue weighted by Crippen LogP contribution is 2.32. The van der Waals surface area contributed by atoms with Crippen molar-refractivity contribution in [2.24, 2.45) is 0 Å². The van der Waals surface area contributed by atoms with E-state index in [1.807, 2.05) is 0 Å². The second-order valence-electron chi connectivity index (χ2n) is 2.97. The van der Waals surface area contributed by atoms with Crippen molar-refractivity contribution in [1.29, 1.82) is 5.26 Å². The molecule has 3 nitrogen and oxygen atoms in total. The lowest BCUT2D eigenvalue weighted by Crippen LogP contribution is -1.79. The SMILES string of the molecule is N#CCc1c[nH]c2c(O)ccc(Br)c12. The van der Waals surface area contributed by atoms with E-state index < -0.39 is 0 Å². The number of phenols is 1. The molecule has 0 atom stereocenters. The molecular weight excluding hydrogens is 244 g/mol. The van der Waals surface area contributed by atoms with Crippen molar-refractivity contribution in [2.75, 3.05) is 0 Å². The zero-order chi connectivity index (χ0) is 10.1. The summed E-state index contributed by atoms with van der Waals surface area (Å²) < 4.78 is 0.886. The fourth-order valence-electron chi connectivity index (χ4n) is 1.48. The van der Waals surface area contributed by atoms with E-state index >= 15 is 0 Å². The van der Waals surface area contributed by atoms with Crippen LogP contribution in [-0.2, 0) is 6.42 Å². The van der Waals surface area contributed by atoms with Crippen molar-refractivity contribution >= 4 is 26.8 Å². The van der Waals surface area contributed by atoms with E-state index in [9.17, 15) is 5.11 Å². The first-order chi connectivity index (χ1) is 6.74. The lowest BCUT2D eigenvalue weighted by atomic mass is 10.1. The van der Waals surface area contributed by atoms with Crippen molar-refractivity contribution in [3.8, 4) is 11.8 Å². The summed E-state index contributed by atoms with van der Waals surface area (Å²) in [6.07, 6.45) is 2.08. The molecule has 4 heteroatoms. The highest BCUT2D eigenvalue weighted by atomic mass is 79.9. The predicted octanol–water partition coefficient (Wildman–Crippen LogP) is 2.70. The van der Waals surface area contributed by atoms with Crippen molar-refractivity contribution < 1.29 is 5.11 Å². The van der Waals surface area contributed by atoms with E-state index in [1.165, 1.54) is 0 Å². The number of aromatic hydroxyl groups is 1. The molecule has 0 fully saturated rings. The number of halogens is 1. The number of phenolic OH excluding ortho intramolecular Hbond substituents is 1. The number of aromatic nitrogens is 1. The molecule has 2 N–H and O–H groups in total. The van der Waals surface area contributed by atoms with Crippen LogP contribution in [-0.4, -0.2) is 10.1 Å². The van der Waals surface area contributed by atoms with Gasteiger partial charge in [-0.25, -0.2) is 0 Å². The topological polar surface area (TPSA) is 59.8 Å². The van der Waals surface area contributed by atoms with Crippen LogP contribution in [0.15, 0.2) is 22.8 Å². The first kappa shape index (κ1) is 9.10. The molecule has 0 spiro atoms. The predicted molar refractivity (Wildman–Crippen MR) is 57.0 cm³/mol. The standard InChI is InChI=1S/C10H7BrN2O/c11-7-1-2-8(14)10-9(7)6(3-4-12)5-13-10/h1-2,5,13-14H,3H2. The lowest BCUT2D eigenvalue weighted by Gasteiger charge is -1.98. The van der Waals surface area contributed by atoms with Crippen molar-refractivity contribution in [1.82, 2.24) is 4.98 Å². The van der Waals surface area contributed by atoms with Crippen LogP contribution in [0.25, 0.3) is 10.9 Å². The summed E-state index contributed by atoms with van der Waals surface area (Å²) in [4.78, 5) is 2.95. The normalized spacial score (nSPS) is 10.3. The van der Waals surface area contributed by atoms with Gasteiger partial charge in [0.2, 0.25) is 0 Å². The van der Waals surface area contributed by atoms with Gasteiger partial charge in [-0.1, -0.05) is 15.9 Å². The number of rotatable bonds is 1. The zero-order valence-electron chi connectivity index (χ0n) is 7.21. The molecule has 0 bridgehead atoms. The van der Waals surface area contributed by atoms with Gasteiger partial charge in [0.25, 0.3) is 0 Å². The van der Waals surface area contributed by atoms with E-state index in [-0.39, 0.29) is 5.75 Å². The first-order valence-corrected chi connectivity index (χ1v) is 4.87. The minimum absolute atomic E-state index is 0.201. The molecule has 0 saturated carbocycles. The Morgan fingerprint density at radius 2 is 2.29 bits per heavy atom. The quantitative estimate of drug-likeness (QED) is 0.818. The third-order valence-corrected chi connectivity index (χ3v) is 2.77. The number of nitrogens with one attached hydrogen (secondary N) is 1. The fourth-order valence-corrected chi connectivity index (χ4v) is 2.07. The molecule has 2 rings (SSSR count). The molecular formula is C10H7BrN2O. The maximum atomic E-state index is 9.54. The molecule has 1 heterocycles. The summed E-state index contributed by atoms with van der Waals surface area (Å²) in [6, 6.07) is 5.47. The highest BCUT2D eigenvalue weighted by molar-refractivity contribution is 9.10. The van der Waals surface area contributed by atoms with Gasteiger partial charge in [0.05, 0.1) is 18.0 Å². The summed E-state index contributed by atoms with van der Waals surface area (Å²) in [5.74, 6) is 0.201. The van der Waals surface area contributed by atoms with Crippen LogP contribution in [0.3, 0.4) is 0 Å². The van der Waals surface area contributed by atoms with E-state index in [1.54, 1.807) is 18.3 Å². The Morgan fingerprint density at radius 1 is 1.50 bits per heavy atom. The molecule has 14 heavy (non-hydrogen) atoms. The van der Waals surface area contributed by atoms with Crippen LogP contribution in [0.1, 0.15) is 5.56 Å². The van der Waals surface area contributed by atoms with E-state index in [0.717, 1.165) is 15.4 Å². The Balaban J connectivity index is 2.78. The molecule has 0 aliphatic rings. The largest absolute Gasteiger partial charge is 0.506 e. The molecule has 0 unspecified atom stereocenters. The van der Waals surface area contributed by atoms with Gasteiger partial charge in [0.15, 0.2) is 0 Å². The van der Waals surface area contributed by atoms with Gasteiger partial charge in [0, 0.05) is 16.1 Å². The number of benzene rings is 1. The second-order valence-corrected chi connectivity index (χ2v) is 3.82. The summed E-state index contributed by atoms with van der Waals surface area (Å²) in [6.45, 7) is 0. The monoisotopic (exact) mass is 250 g/mol. The number of hydrogen-bond acceptors (Lipinski definition) is 2. The van der Waals surface area contributed by atoms with Gasteiger partial charge in [-0.15, -0.1) is 0 Å². The maximum Gasteiger partial charge on any atom is 0.139 e. The van der Waals surface area contributed by atoms with Gasteiger partial charge >= 0.3 is 0 Å². The Morgan fingerprint density at radius 3 is 3.00 bits per heavy atom. The van der Waals surface area contributed by atoms with E-state index in [0.29, 0.717) is 11.9 Å². The average Bonchev–Trinajstić information content (AvgIpc) is 2.58. The number of H-pyrrole nitrogens is 1. The molecule has 2 aromatic rings. The molecule has 0 aliphatic carbocycles. The van der Waals surface area contributed by atoms with Crippen LogP contribution < -0.4 is 0 Å². The van der Waals surface area contributed by atoms with Crippen molar-refractivity contribution in [2.45, 2.75) is 6.42 Å². The van der Waals surface area contributed by atoms with E-state index in [2.05, 4.69) is 27.0 Å². The third kappa shape index (κ3) is 1.26. The van der Waals surface area contributed by atoms with Gasteiger partial charge in [0.1, 0.15) is 5.75 Å². The van der Waals surface area contributed by atoms with Crippen LogP contribution in [0, 0.1) is 11.3 Å². The Hall–Kier alpha value is -1.47. The second kappa shape index (κ2) is 3.35. The van der Waals surface area contributed by atoms with E-state index in [4.69, 9.17) is 5.26 Å². The molecule has 1 aromatic carbocycles. The molecule has 0 amide bonds. The minimum atomic E-state index is 0.201. The Kier molecular flexibility index (Phi) is 2.18. The van der Waals surface area contributed by atoms with Gasteiger partial charge in [-0.2, -0.15) is 5.26 Å². The van der Waals surface area contributed by atoms with Gasteiger partial charge < -0.3 is 10.1 Å². The number of hydrogen-bond donors (Lipinski definition) is 2. The summed E-state index contributed by atoms with van der Waals surface area (Å²) >= 11 is 3.39. The Labute approximate surface area is 89.1 Å². The van der Waals surface area contributed by atoms with Gasteiger partial charge in [-0.3, -0.25) is 0 Å².